The van der Waals surface area contributed by atoms with Crippen molar-refractivity contribution in [2.24, 2.45) is 17.2 Å². The van der Waals surface area contributed by atoms with Gasteiger partial charge in [0.25, 0.3) is 0 Å². The van der Waals surface area contributed by atoms with Gasteiger partial charge in [0.2, 0.25) is 17.7 Å². The molecule has 0 heterocycles. The van der Waals surface area contributed by atoms with Gasteiger partial charge >= 0.3 is 69.8 Å². The molecule has 0 aromatic rings. The van der Waals surface area contributed by atoms with E-state index in [1.165, 1.54) is 14.7 Å². The normalized spacial score (nSPS) is 12.7. The van der Waals surface area contributed by atoms with Crippen LogP contribution >= 0.6 is 0 Å². The quantitative estimate of drug-likeness (QED) is 0.0275. The maximum atomic E-state index is 13.1. The second-order valence-electron chi connectivity index (χ2n) is 12.7. The van der Waals surface area contributed by atoms with Crippen LogP contribution in [0.4, 0.5) is 0 Å². The number of carboxylic acid groups (broad SMARTS) is 5. The first kappa shape index (κ1) is 53.9. The van der Waals surface area contributed by atoms with Gasteiger partial charge in [0.15, 0.2) is 0 Å². The van der Waals surface area contributed by atoms with Crippen LogP contribution in [0.2, 0.25) is 0 Å². The SMILES string of the molecule is NCCCCC(NC(=O)CN(CCN(CC(=O)O)CC(=O)NC(CCCCN)C(=O)O)CCN(CC(=O)O)CC(=O)NC(CCCCN)C(=O)O)C(=O)O.[Gd+3]. The first-order valence-corrected chi connectivity index (χ1v) is 17.8. The number of unbranched alkanes of at least 4 members (excludes halogenated alkanes) is 3. The van der Waals surface area contributed by atoms with Crippen LogP contribution < -0.4 is 33.2 Å². The molecule has 0 bridgehead atoms. The molecule has 315 valence electrons. The molecule has 3 amide bonds. The van der Waals surface area contributed by atoms with Crippen LogP contribution in [0.1, 0.15) is 57.8 Å². The molecular weight excluding hydrogens is 876 g/mol. The fourth-order valence-electron chi connectivity index (χ4n) is 5.23. The fourth-order valence-corrected chi connectivity index (χ4v) is 5.23. The van der Waals surface area contributed by atoms with Gasteiger partial charge in [-0.15, -0.1) is 0 Å². The van der Waals surface area contributed by atoms with E-state index in [0.717, 1.165) is 0 Å². The smallest absolute Gasteiger partial charge is 0.480 e. The Kier molecular flexibility index (Phi) is 31.4. The van der Waals surface area contributed by atoms with Gasteiger partial charge < -0.3 is 58.7 Å². The Labute approximate surface area is 351 Å². The van der Waals surface area contributed by atoms with Crippen molar-refractivity contribution in [1.29, 1.82) is 0 Å². The van der Waals surface area contributed by atoms with E-state index in [4.69, 9.17) is 17.2 Å². The van der Waals surface area contributed by atoms with Gasteiger partial charge in [0, 0.05) is 26.2 Å². The standard InChI is InChI=1S/C32H59N9O13.Gd/c33-10-4-1-7-22(30(49)50)36-25(42)17-39(13-15-40(20-28(45)46)18-26(43)37-23(31(51)52)8-2-5-11-34)14-16-41(21-29(47)48)19-27(44)38-24(32(53)54)9-3-6-12-35;/h22-24H,1-21,33-35H2,(H,36,42)(H,37,43)(H,38,44)(H,45,46)(H,47,48)(H,49,50)(H,51,52)(H,53,54);/q;+3. The maximum absolute atomic E-state index is 13.1. The third-order valence-electron chi connectivity index (χ3n) is 8.02. The van der Waals surface area contributed by atoms with Crippen molar-refractivity contribution in [3.8, 4) is 0 Å². The summed E-state index contributed by atoms with van der Waals surface area (Å²) in [5.41, 5.74) is 16.4. The number of nitrogens with zero attached hydrogens (tertiary/aromatic N) is 3. The molecule has 0 rings (SSSR count). The number of carboxylic acids is 5. The topological polar surface area (TPSA) is 362 Å². The minimum Gasteiger partial charge on any atom is -0.480 e. The van der Waals surface area contributed by atoms with E-state index in [2.05, 4.69) is 16.0 Å². The summed E-state index contributed by atoms with van der Waals surface area (Å²) in [5.74, 6) is -8.75. The predicted octanol–water partition coefficient (Wildman–Crippen LogP) is -3.84. The zero-order valence-electron chi connectivity index (χ0n) is 31.0. The number of rotatable bonds is 34. The Bertz CT molecular complexity index is 1150. The monoisotopic (exact) mass is 935 g/mol. The van der Waals surface area contributed by atoms with Crippen LogP contribution in [-0.2, 0) is 38.4 Å². The zero-order valence-corrected chi connectivity index (χ0v) is 33.3. The average molecular weight is 935 g/mol. The predicted molar refractivity (Wildman–Crippen MR) is 192 cm³/mol. The first-order valence-electron chi connectivity index (χ1n) is 17.8. The van der Waals surface area contributed by atoms with Crippen molar-refractivity contribution >= 4 is 47.6 Å². The average Bonchev–Trinajstić information content (AvgIpc) is 3.07. The van der Waals surface area contributed by atoms with Crippen molar-refractivity contribution < 1.29 is 104 Å². The molecule has 55 heavy (non-hydrogen) atoms. The molecule has 0 aliphatic carbocycles. The van der Waals surface area contributed by atoms with E-state index in [1.54, 1.807) is 0 Å². The molecule has 22 nitrogen and oxygen atoms in total. The van der Waals surface area contributed by atoms with Crippen LogP contribution in [0.15, 0.2) is 0 Å². The van der Waals surface area contributed by atoms with E-state index < -0.39 is 98.4 Å². The van der Waals surface area contributed by atoms with Crippen molar-refractivity contribution in [2.75, 3.05) is 78.5 Å². The third kappa shape index (κ3) is 28.0. The van der Waals surface area contributed by atoms with Crippen LogP contribution in [0.3, 0.4) is 0 Å². The summed E-state index contributed by atoms with van der Waals surface area (Å²) in [6.45, 7) is -2.41. The summed E-state index contributed by atoms with van der Waals surface area (Å²) in [4.78, 5) is 101. The third-order valence-corrected chi connectivity index (χ3v) is 8.02. The summed E-state index contributed by atoms with van der Waals surface area (Å²) < 4.78 is 0. The molecule has 1 radical (unpaired) electrons. The van der Waals surface area contributed by atoms with Gasteiger partial charge in [-0.05, 0) is 77.4 Å². The summed E-state index contributed by atoms with van der Waals surface area (Å²) >= 11 is 0. The summed E-state index contributed by atoms with van der Waals surface area (Å²) in [6.07, 6.45) is 3.14. The van der Waals surface area contributed by atoms with E-state index in [1.807, 2.05) is 0 Å². The number of nitrogens with two attached hydrogens (primary N) is 3. The van der Waals surface area contributed by atoms with E-state index in [9.17, 15) is 63.9 Å². The number of carbonyl (C=O) groups is 8. The summed E-state index contributed by atoms with van der Waals surface area (Å²) in [6, 6.07) is -3.72. The van der Waals surface area contributed by atoms with Crippen molar-refractivity contribution in [3.05, 3.63) is 0 Å². The van der Waals surface area contributed by atoms with Crippen LogP contribution in [0.25, 0.3) is 0 Å². The maximum Gasteiger partial charge on any atom is 3.00 e. The second kappa shape index (κ2) is 32.0. The molecule has 3 unspecified atom stereocenters. The largest absolute Gasteiger partial charge is 3.00 e. The molecule has 0 aliphatic heterocycles. The molecule has 3 atom stereocenters. The Morgan fingerprint density at radius 1 is 0.418 bits per heavy atom. The molecule has 0 aliphatic rings. The molecular formula is C32H59GdN9O13+3. The van der Waals surface area contributed by atoms with Crippen molar-refractivity contribution in [1.82, 2.24) is 30.7 Å². The van der Waals surface area contributed by atoms with Gasteiger partial charge in [-0.25, -0.2) is 14.4 Å². The van der Waals surface area contributed by atoms with Gasteiger partial charge in [-0.1, -0.05) is 0 Å². The van der Waals surface area contributed by atoms with Crippen LogP contribution in [-0.4, -0.2) is 184 Å². The number of hydrogen-bond donors (Lipinski definition) is 11. The molecule has 0 spiro atoms. The van der Waals surface area contributed by atoms with E-state index in [-0.39, 0.29) is 85.4 Å². The van der Waals surface area contributed by atoms with Crippen LogP contribution in [0.5, 0.6) is 0 Å². The molecule has 23 heteroatoms. The number of aliphatic carboxylic acids is 5. The minimum atomic E-state index is -1.31. The molecule has 0 aromatic heterocycles. The van der Waals surface area contributed by atoms with Gasteiger partial charge in [-0.2, -0.15) is 0 Å². The van der Waals surface area contributed by atoms with Gasteiger partial charge in [0.1, 0.15) is 18.1 Å². The van der Waals surface area contributed by atoms with Gasteiger partial charge in [0.05, 0.1) is 32.7 Å². The number of hydrogen-bond acceptors (Lipinski definition) is 14. The number of nitrogens with one attached hydrogen (secondary N) is 3. The van der Waals surface area contributed by atoms with E-state index >= 15 is 0 Å². The molecule has 0 fully saturated rings. The Hall–Kier alpha value is -3.16. The number of amides is 3. The van der Waals surface area contributed by atoms with E-state index in [0.29, 0.717) is 58.2 Å². The fraction of sp³-hybridized carbons (Fsp3) is 0.750. The Balaban J connectivity index is 0. The van der Waals surface area contributed by atoms with Crippen molar-refractivity contribution in [2.45, 2.75) is 75.9 Å². The summed E-state index contributed by atoms with van der Waals surface area (Å²) in [7, 11) is 0. The number of carbonyl (C=O) groups excluding carboxylic acids is 3. The minimum absolute atomic E-state index is 0. The molecule has 0 saturated carbocycles. The van der Waals surface area contributed by atoms with Crippen LogP contribution in [0, 0.1) is 39.9 Å². The first-order chi connectivity index (χ1) is 25.5. The van der Waals surface area contributed by atoms with Gasteiger partial charge in [-0.3, -0.25) is 38.7 Å². The molecule has 0 aromatic carbocycles. The second-order valence-corrected chi connectivity index (χ2v) is 12.7. The Morgan fingerprint density at radius 3 is 0.909 bits per heavy atom. The molecule has 14 N–H and O–H groups in total. The summed E-state index contributed by atoms with van der Waals surface area (Å²) in [5, 5.41) is 54.8. The Morgan fingerprint density at radius 2 is 0.673 bits per heavy atom. The molecule has 0 saturated heterocycles. The zero-order chi connectivity index (χ0) is 41.1. The van der Waals surface area contributed by atoms with Crippen molar-refractivity contribution in [3.63, 3.8) is 0 Å².